The van der Waals surface area contributed by atoms with E-state index in [9.17, 15) is 9.59 Å². The maximum absolute atomic E-state index is 11.9. The van der Waals surface area contributed by atoms with Crippen LogP contribution in [0.3, 0.4) is 0 Å². The zero-order chi connectivity index (χ0) is 15.1. The highest BCUT2D eigenvalue weighted by Gasteiger charge is 2.21. The summed E-state index contributed by atoms with van der Waals surface area (Å²) in [7, 11) is 3.01. The number of Topliss-reactive ketones (excluding diaryl/α,β-unsaturated/α-hetero) is 1. The van der Waals surface area contributed by atoms with Crippen molar-refractivity contribution in [3.8, 4) is 5.75 Å². The van der Waals surface area contributed by atoms with Gasteiger partial charge in [0.05, 0.1) is 20.8 Å². The fourth-order valence-corrected chi connectivity index (χ4v) is 1.68. The number of benzene rings is 1. The predicted molar refractivity (Wildman–Crippen MR) is 74.2 cm³/mol. The van der Waals surface area contributed by atoms with Crippen molar-refractivity contribution in [3.63, 3.8) is 0 Å². The van der Waals surface area contributed by atoms with E-state index in [2.05, 4.69) is 0 Å². The Hall–Kier alpha value is -2.30. The molecule has 5 nitrogen and oxygen atoms in total. The lowest BCUT2D eigenvalue weighted by Crippen LogP contribution is -2.19. The first-order valence-electron chi connectivity index (χ1n) is 6.15. The van der Waals surface area contributed by atoms with E-state index in [0.717, 1.165) is 0 Å². The molecule has 0 spiro atoms. The van der Waals surface area contributed by atoms with E-state index < -0.39 is 11.8 Å². The number of carbonyl (C=O) groups is 2. The molecule has 0 radical (unpaired) electrons. The van der Waals surface area contributed by atoms with Gasteiger partial charge in [0, 0.05) is 11.1 Å². The molecule has 108 valence electrons. The number of methoxy groups -OCH3 is 2. The highest BCUT2D eigenvalue weighted by molar-refractivity contribution is 6.41. The van der Waals surface area contributed by atoms with Gasteiger partial charge in [-0.05, 0) is 38.1 Å². The van der Waals surface area contributed by atoms with E-state index in [4.69, 9.17) is 14.2 Å². The lowest BCUT2D eigenvalue weighted by atomic mass is 10.1. The van der Waals surface area contributed by atoms with Gasteiger partial charge in [0.25, 0.3) is 5.78 Å². The van der Waals surface area contributed by atoms with Crippen LogP contribution in [0.25, 0.3) is 5.76 Å². The molecule has 0 heterocycles. The summed E-state index contributed by atoms with van der Waals surface area (Å²) in [5.41, 5.74) is 0.888. The highest BCUT2D eigenvalue weighted by atomic mass is 16.5. The minimum Gasteiger partial charge on any atom is -0.497 e. The van der Waals surface area contributed by atoms with Crippen LogP contribution in [0.15, 0.2) is 29.8 Å². The first-order valence-corrected chi connectivity index (χ1v) is 6.15. The Balaban J connectivity index is 3.10. The summed E-state index contributed by atoms with van der Waals surface area (Å²) < 4.78 is 15.0. The Labute approximate surface area is 118 Å². The van der Waals surface area contributed by atoms with Gasteiger partial charge in [-0.2, -0.15) is 0 Å². The second kappa shape index (κ2) is 7.33. The molecule has 0 saturated carbocycles. The minimum atomic E-state index is -0.881. The number of hydrogen-bond acceptors (Lipinski definition) is 5. The molecule has 0 bridgehead atoms. The van der Waals surface area contributed by atoms with Crippen molar-refractivity contribution >= 4 is 17.5 Å². The van der Waals surface area contributed by atoms with Gasteiger partial charge in [-0.15, -0.1) is 0 Å². The van der Waals surface area contributed by atoms with Crippen LogP contribution in [-0.4, -0.2) is 32.6 Å². The molecule has 0 aliphatic carbocycles. The van der Waals surface area contributed by atoms with Crippen molar-refractivity contribution in [2.24, 2.45) is 0 Å². The van der Waals surface area contributed by atoms with Crippen LogP contribution < -0.4 is 4.74 Å². The van der Waals surface area contributed by atoms with E-state index in [1.54, 1.807) is 38.3 Å². The van der Waals surface area contributed by atoms with Crippen molar-refractivity contribution in [3.05, 3.63) is 35.4 Å². The maximum atomic E-state index is 11.9. The van der Waals surface area contributed by atoms with Crippen molar-refractivity contribution in [2.75, 3.05) is 20.8 Å². The van der Waals surface area contributed by atoms with Crippen molar-refractivity contribution in [1.82, 2.24) is 0 Å². The summed E-state index contributed by atoms with van der Waals surface area (Å²) in [6.45, 7) is 3.33. The van der Waals surface area contributed by atoms with Crippen molar-refractivity contribution in [1.29, 1.82) is 0 Å². The van der Waals surface area contributed by atoms with E-state index in [1.807, 2.05) is 0 Å². The van der Waals surface area contributed by atoms with Crippen LogP contribution in [-0.2, 0) is 19.1 Å². The van der Waals surface area contributed by atoms with Crippen LogP contribution in [0.1, 0.15) is 19.4 Å². The van der Waals surface area contributed by atoms with Crippen LogP contribution >= 0.6 is 0 Å². The molecular weight excluding hydrogens is 260 g/mol. The molecule has 0 atom stereocenters. The summed E-state index contributed by atoms with van der Waals surface area (Å²) in [4.78, 5) is 23.3. The highest BCUT2D eigenvalue weighted by Crippen LogP contribution is 2.22. The second-order valence-corrected chi connectivity index (χ2v) is 3.94. The quantitative estimate of drug-likeness (QED) is 0.345. The summed E-state index contributed by atoms with van der Waals surface area (Å²) in [6.07, 6.45) is 0. The van der Waals surface area contributed by atoms with Gasteiger partial charge in [-0.1, -0.05) is 0 Å². The average molecular weight is 278 g/mol. The Morgan fingerprint density at radius 3 is 2.15 bits per heavy atom. The van der Waals surface area contributed by atoms with E-state index in [-0.39, 0.29) is 12.2 Å². The summed E-state index contributed by atoms with van der Waals surface area (Å²) in [6, 6.07) is 6.99. The molecule has 1 aromatic carbocycles. The van der Waals surface area contributed by atoms with Gasteiger partial charge in [0.15, 0.2) is 0 Å². The number of hydrogen-bond donors (Lipinski definition) is 0. The molecule has 0 fully saturated rings. The first-order chi connectivity index (χ1) is 9.54. The molecule has 1 rings (SSSR count). The Kier molecular flexibility index (Phi) is 5.77. The standard InChI is InChI=1S/C15H18O5/c1-5-20-15(17)13(16)10(2)14(19-4)11-6-8-12(18-3)9-7-11/h6-9H,5H2,1-4H3/b14-10-. The van der Waals surface area contributed by atoms with E-state index in [1.165, 1.54) is 14.0 Å². The van der Waals surface area contributed by atoms with Crippen molar-refractivity contribution in [2.45, 2.75) is 13.8 Å². The van der Waals surface area contributed by atoms with Gasteiger partial charge in [-0.3, -0.25) is 4.79 Å². The molecule has 0 unspecified atom stereocenters. The van der Waals surface area contributed by atoms with Gasteiger partial charge >= 0.3 is 5.97 Å². The number of esters is 1. The average Bonchev–Trinajstić information content (AvgIpc) is 2.48. The van der Waals surface area contributed by atoms with Crippen LogP contribution in [0.4, 0.5) is 0 Å². The second-order valence-electron chi connectivity index (χ2n) is 3.94. The van der Waals surface area contributed by atoms with Crippen LogP contribution in [0.2, 0.25) is 0 Å². The zero-order valence-corrected chi connectivity index (χ0v) is 12.1. The molecular formula is C15H18O5. The lowest BCUT2D eigenvalue weighted by molar-refractivity contribution is -0.151. The van der Waals surface area contributed by atoms with Gasteiger partial charge in [-0.25, -0.2) is 4.79 Å². The van der Waals surface area contributed by atoms with E-state index in [0.29, 0.717) is 17.1 Å². The molecule has 0 aliphatic heterocycles. The first kappa shape index (κ1) is 15.8. The van der Waals surface area contributed by atoms with Gasteiger partial charge < -0.3 is 14.2 Å². The summed E-state index contributed by atoms with van der Waals surface area (Å²) in [5.74, 6) is -0.558. The third kappa shape index (κ3) is 3.60. The fourth-order valence-electron chi connectivity index (χ4n) is 1.68. The molecule has 0 aliphatic rings. The topological polar surface area (TPSA) is 61.8 Å². The molecule has 0 amide bonds. The molecule has 20 heavy (non-hydrogen) atoms. The molecule has 0 saturated heterocycles. The number of rotatable bonds is 6. The number of ketones is 1. The minimum absolute atomic E-state index is 0.155. The van der Waals surface area contributed by atoms with Crippen molar-refractivity contribution < 1.29 is 23.8 Å². The predicted octanol–water partition coefficient (Wildman–Crippen LogP) is 2.20. The summed E-state index contributed by atoms with van der Waals surface area (Å²) in [5, 5.41) is 0. The number of ether oxygens (including phenoxy) is 3. The maximum Gasteiger partial charge on any atom is 0.379 e. The molecule has 0 N–H and O–H groups in total. The monoisotopic (exact) mass is 278 g/mol. The third-order valence-electron chi connectivity index (χ3n) is 2.70. The molecule has 1 aromatic rings. The zero-order valence-electron chi connectivity index (χ0n) is 12.1. The van der Waals surface area contributed by atoms with Crippen LogP contribution in [0, 0.1) is 0 Å². The Bertz CT molecular complexity index is 514. The van der Waals surface area contributed by atoms with Gasteiger partial charge in [0.2, 0.25) is 0 Å². The smallest absolute Gasteiger partial charge is 0.379 e. The normalized spacial score (nSPS) is 11.4. The Morgan fingerprint density at radius 2 is 1.70 bits per heavy atom. The molecule has 5 heteroatoms. The van der Waals surface area contributed by atoms with Crippen LogP contribution in [0.5, 0.6) is 5.75 Å². The number of carbonyl (C=O) groups excluding carboxylic acids is 2. The Morgan fingerprint density at radius 1 is 1.10 bits per heavy atom. The molecule has 0 aromatic heterocycles. The fraction of sp³-hybridized carbons (Fsp3) is 0.333. The van der Waals surface area contributed by atoms with E-state index >= 15 is 0 Å². The third-order valence-corrected chi connectivity index (χ3v) is 2.70. The largest absolute Gasteiger partial charge is 0.497 e. The summed E-state index contributed by atoms with van der Waals surface area (Å²) >= 11 is 0. The lowest BCUT2D eigenvalue weighted by Gasteiger charge is -2.11. The van der Waals surface area contributed by atoms with Gasteiger partial charge in [0.1, 0.15) is 11.5 Å². The SMILES string of the molecule is CCOC(=O)C(=O)/C(C)=C(\OC)c1ccc(OC)cc1.